The Balaban J connectivity index is 2.18. The fourth-order valence-electron chi connectivity index (χ4n) is 1.73. The van der Waals surface area contributed by atoms with Gasteiger partial charge >= 0.3 is 0 Å². The minimum absolute atomic E-state index is 0.602. The molecule has 0 spiro atoms. The predicted molar refractivity (Wildman–Crippen MR) is 66.1 cm³/mol. The van der Waals surface area contributed by atoms with Gasteiger partial charge in [0.15, 0.2) is 0 Å². The highest BCUT2D eigenvalue weighted by Gasteiger charge is 2.19. The fraction of sp³-hybridized carbons (Fsp3) is 0.500. The second kappa shape index (κ2) is 4.62. The third-order valence-electron chi connectivity index (χ3n) is 2.40. The van der Waals surface area contributed by atoms with Crippen molar-refractivity contribution in [2.75, 3.05) is 18.0 Å². The summed E-state index contributed by atoms with van der Waals surface area (Å²) in [5, 5.41) is 0. The number of hydrogen-bond donors (Lipinski definition) is 0. The maximum atomic E-state index is 4.39. The molecule has 0 aliphatic carbocycles. The SMILES string of the molecule is Brc1cccnc1N1CCCC(Br)C1. The van der Waals surface area contributed by atoms with Gasteiger partial charge in [0.1, 0.15) is 5.82 Å². The van der Waals surface area contributed by atoms with E-state index < -0.39 is 0 Å². The maximum absolute atomic E-state index is 4.39. The molecule has 0 amide bonds. The summed E-state index contributed by atoms with van der Waals surface area (Å²) >= 11 is 7.20. The van der Waals surface area contributed by atoms with Crippen LogP contribution in [0.25, 0.3) is 0 Å². The third kappa shape index (κ3) is 2.28. The van der Waals surface area contributed by atoms with Gasteiger partial charge in [0, 0.05) is 24.1 Å². The minimum Gasteiger partial charge on any atom is -0.355 e. The van der Waals surface area contributed by atoms with Gasteiger partial charge in [-0.1, -0.05) is 15.9 Å². The molecule has 0 N–H and O–H groups in total. The molecule has 76 valence electrons. The minimum atomic E-state index is 0.602. The molecule has 1 atom stereocenters. The molecule has 0 aromatic carbocycles. The topological polar surface area (TPSA) is 16.1 Å². The van der Waals surface area contributed by atoms with Crippen molar-refractivity contribution in [1.29, 1.82) is 0 Å². The lowest BCUT2D eigenvalue weighted by atomic mass is 10.1. The number of hydrogen-bond acceptors (Lipinski definition) is 2. The summed E-state index contributed by atoms with van der Waals surface area (Å²) in [5.74, 6) is 1.07. The number of pyridine rings is 1. The average Bonchev–Trinajstić information content (AvgIpc) is 2.18. The van der Waals surface area contributed by atoms with Crippen molar-refractivity contribution in [2.24, 2.45) is 0 Å². The summed E-state index contributed by atoms with van der Waals surface area (Å²) in [5.41, 5.74) is 0. The van der Waals surface area contributed by atoms with Crippen molar-refractivity contribution in [3.63, 3.8) is 0 Å². The van der Waals surface area contributed by atoms with Crippen molar-refractivity contribution in [3.8, 4) is 0 Å². The summed E-state index contributed by atoms with van der Waals surface area (Å²) in [7, 11) is 0. The van der Waals surface area contributed by atoms with E-state index in [4.69, 9.17) is 0 Å². The van der Waals surface area contributed by atoms with Crippen LogP contribution in [-0.4, -0.2) is 22.9 Å². The number of rotatable bonds is 1. The van der Waals surface area contributed by atoms with Crippen LogP contribution in [-0.2, 0) is 0 Å². The van der Waals surface area contributed by atoms with Crippen molar-refractivity contribution < 1.29 is 0 Å². The average molecular weight is 320 g/mol. The van der Waals surface area contributed by atoms with Crippen molar-refractivity contribution in [2.45, 2.75) is 17.7 Å². The number of halogens is 2. The molecule has 1 saturated heterocycles. The molecule has 2 rings (SSSR count). The quantitative estimate of drug-likeness (QED) is 0.739. The van der Waals surface area contributed by atoms with E-state index in [2.05, 4.69) is 41.7 Å². The lowest BCUT2D eigenvalue weighted by molar-refractivity contribution is 0.590. The summed E-state index contributed by atoms with van der Waals surface area (Å²) in [6.45, 7) is 2.16. The van der Waals surface area contributed by atoms with E-state index in [0.717, 1.165) is 23.4 Å². The highest BCUT2D eigenvalue weighted by atomic mass is 79.9. The predicted octanol–water partition coefficient (Wildman–Crippen LogP) is 3.21. The van der Waals surface area contributed by atoms with Gasteiger partial charge in [0.05, 0.1) is 4.47 Å². The van der Waals surface area contributed by atoms with Crippen LogP contribution in [0.3, 0.4) is 0 Å². The van der Waals surface area contributed by atoms with E-state index >= 15 is 0 Å². The molecule has 0 radical (unpaired) electrons. The van der Waals surface area contributed by atoms with E-state index in [9.17, 15) is 0 Å². The number of anilines is 1. The zero-order valence-corrected chi connectivity index (χ0v) is 11.0. The largest absolute Gasteiger partial charge is 0.355 e. The van der Waals surface area contributed by atoms with Gasteiger partial charge < -0.3 is 4.90 Å². The van der Waals surface area contributed by atoms with Crippen LogP contribution in [0.4, 0.5) is 5.82 Å². The first-order valence-corrected chi connectivity index (χ1v) is 6.48. The van der Waals surface area contributed by atoms with Crippen LogP contribution in [0.2, 0.25) is 0 Å². The first-order chi connectivity index (χ1) is 6.77. The number of alkyl halides is 1. The number of nitrogens with zero attached hydrogens (tertiary/aromatic N) is 2. The molecular formula is C10H12Br2N2. The molecule has 1 aromatic heterocycles. The maximum Gasteiger partial charge on any atom is 0.142 e. The Morgan fingerprint density at radius 3 is 3.07 bits per heavy atom. The van der Waals surface area contributed by atoms with Gasteiger partial charge in [0.2, 0.25) is 0 Å². The van der Waals surface area contributed by atoms with E-state index in [1.165, 1.54) is 12.8 Å². The molecule has 1 aromatic rings. The highest BCUT2D eigenvalue weighted by Crippen LogP contribution is 2.27. The molecule has 14 heavy (non-hydrogen) atoms. The Morgan fingerprint density at radius 1 is 1.50 bits per heavy atom. The molecule has 1 unspecified atom stereocenters. The van der Waals surface area contributed by atoms with Crippen LogP contribution in [0.5, 0.6) is 0 Å². The first kappa shape index (κ1) is 10.4. The molecule has 2 nitrogen and oxygen atoms in total. The number of aromatic nitrogens is 1. The molecule has 0 bridgehead atoms. The van der Waals surface area contributed by atoms with Gasteiger partial charge in [-0.3, -0.25) is 0 Å². The molecule has 2 heterocycles. The zero-order valence-electron chi connectivity index (χ0n) is 7.79. The molecule has 1 fully saturated rings. The van der Waals surface area contributed by atoms with Crippen molar-refractivity contribution in [3.05, 3.63) is 22.8 Å². The Morgan fingerprint density at radius 2 is 2.36 bits per heavy atom. The monoisotopic (exact) mass is 318 g/mol. The molecule has 4 heteroatoms. The van der Waals surface area contributed by atoms with Crippen molar-refractivity contribution >= 4 is 37.7 Å². The van der Waals surface area contributed by atoms with Crippen LogP contribution in [0.15, 0.2) is 22.8 Å². The van der Waals surface area contributed by atoms with E-state index in [1.807, 2.05) is 18.3 Å². The molecule has 1 aliphatic heterocycles. The van der Waals surface area contributed by atoms with Crippen LogP contribution >= 0.6 is 31.9 Å². The summed E-state index contributed by atoms with van der Waals surface area (Å²) < 4.78 is 1.08. The highest BCUT2D eigenvalue weighted by molar-refractivity contribution is 9.10. The lowest BCUT2D eigenvalue weighted by Gasteiger charge is -2.31. The van der Waals surface area contributed by atoms with Crippen LogP contribution in [0.1, 0.15) is 12.8 Å². The Hall–Kier alpha value is -0.0900. The smallest absolute Gasteiger partial charge is 0.142 e. The van der Waals surface area contributed by atoms with E-state index in [-0.39, 0.29) is 0 Å². The summed E-state index contributed by atoms with van der Waals surface area (Å²) in [6, 6.07) is 3.99. The van der Waals surface area contributed by atoms with E-state index in [1.54, 1.807) is 0 Å². The van der Waals surface area contributed by atoms with Gasteiger partial charge in [0.25, 0.3) is 0 Å². The first-order valence-electron chi connectivity index (χ1n) is 4.77. The summed E-state index contributed by atoms with van der Waals surface area (Å²) in [4.78, 5) is 7.32. The fourth-order valence-corrected chi connectivity index (χ4v) is 2.91. The number of piperidine rings is 1. The standard InChI is InChI=1S/C10H12Br2N2/c11-8-3-2-6-14(7-8)10-9(12)4-1-5-13-10/h1,4-5,8H,2-3,6-7H2. The van der Waals surface area contributed by atoms with Crippen LogP contribution in [0, 0.1) is 0 Å². The third-order valence-corrected chi connectivity index (χ3v) is 3.77. The van der Waals surface area contributed by atoms with E-state index in [0.29, 0.717) is 4.83 Å². The Labute approximate surface area is 101 Å². The van der Waals surface area contributed by atoms with Crippen molar-refractivity contribution in [1.82, 2.24) is 4.98 Å². The van der Waals surface area contributed by atoms with Gasteiger partial charge in [-0.15, -0.1) is 0 Å². The second-order valence-corrected chi connectivity index (χ2v) is 5.64. The Bertz CT molecular complexity index is 317. The second-order valence-electron chi connectivity index (χ2n) is 3.49. The van der Waals surface area contributed by atoms with Gasteiger partial charge in [-0.05, 0) is 40.9 Å². The lowest BCUT2D eigenvalue weighted by Crippen LogP contribution is -2.36. The van der Waals surface area contributed by atoms with Gasteiger partial charge in [-0.25, -0.2) is 4.98 Å². The molecule has 1 aliphatic rings. The Kier molecular flexibility index (Phi) is 3.44. The van der Waals surface area contributed by atoms with Crippen LogP contribution < -0.4 is 4.90 Å². The normalized spacial score (nSPS) is 22.4. The van der Waals surface area contributed by atoms with Gasteiger partial charge in [-0.2, -0.15) is 0 Å². The molecule has 0 saturated carbocycles. The molecular weight excluding hydrogens is 308 g/mol. The summed E-state index contributed by atoms with van der Waals surface area (Å²) in [6.07, 6.45) is 4.35. The zero-order chi connectivity index (χ0) is 9.97.